The van der Waals surface area contributed by atoms with Crippen molar-refractivity contribution >= 4 is 51.4 Å². The maximum absolute atomic E-state index is 9.75. The maximum atomic E-state index is 9.75. The molecule has 14 heavy (non-hydrogen) atoms. The molecular weight excluding hydrogens is 199 g/mol. The molecule has 0 heterocycles. The molecule has 0 saturated heterocycles. The molecule has 1 N–H and O–H groups in total. The topological polar surface area (TPSA) is 20.2 Å². The molecule has 2 heteroatoms. The van der Waals surface area contributed by atoms with E-state index < -0.39 is 0 Å². The summed E-state index contributed by atoms with van der Waals surface area (Å²) in [4.78, 5) is 0. The number of aromatic hydroxyl groups is 1. The van der Waals surface area contributed by atoms with Gasteiger partial charge >= 0.3 is 0 Å². The van der Waals surface area contributed by atoms with Gasteiger partial charge in [0.15, 0.2) is 0 Å². The third kappa shape index (κ3) is 2.83. The van der Waals surface area contributed by atoms with Crippen molar-refractivity contribution in [3.63, 3.8) is 0 Å². The van der Waals surface area contributed by atoms with E-state index >= 15 is 0 Å². The van der Waals surface area contributed by atoms with E-state index in [-0.39, 0.29) is 51.4 Å². The van der Waals surface area contributed by atoms with Crippen LogP contribution >= 0.6 is 0 Å². The molecule has 1 fully saturated rings. The van der Waals surface area contributed by atoms with Crippen LogP contribution in [0.5, 0.6) is 5.75 Å². The summed E-state index contributed by atoms with van der Waals surface area (Å²) in [7, 11) is 0. The van der Waals surface area contributed by atoms with Gasteiger partial charge in [0.25, 0.3) is 0 Å². The molecule has 1 aliphatic carbocycles. The van der Waals surface area contributed by atoms with Crippen molar-refractivity contribution in [3.05, 3.63) is 29.3 Å². The van der Waals surface area contributed by atoms with E-state index in [1.54, 1.807) is 0 Å². The molecule has 0 aliphatic heterocycles. The van der Waals surface area contributed by atoms with Crippen LogP contribution in [-0.2, 0) is 0 Å². The van der Waals surface area contributed by atoms with Crippen molar-refractivity contribution in [3.8, 4) is 5.75 Å². The van der Waals surface area contributed by atoms with Gasteiger partial charge < -0.3 is 5.11 Å². The summed E-state index contributed by atoms with van der Waals surface area (Å²) < 4.78 is 0. The van der Waals surface area contributed by atoms with E-state index in [1.807, 2.05) is 13.0 Å². The average molecular weight is 215 g/mol. The average Bonchev–Trinajstić information content (AvgIpc) is 2.56. The van der Waals surface area contributed by atoms with Gasteiger partial charge in [0.1, 0.15) is 5.75 Å². The minimum Gasteiger partial charge on any atom is -0.508 e. The second kappa shape index (κ2) is 5.66. The van der Waals surface area contributed by atoms with E-state index in [2.05, 4.69) is 12.1 Å². The smallest absolute Gasteiger partial charge is 0.119 e. The van der Waals surface area contributed by atoms with Crippen molar-refractivity contribution < 1.29 is 5.11 Å². The zero-order chi connectivity index (χ0) is 9.26. The fraction of sp³-hybridized carbons (Fsp3) is 0.500. The van der Waals surface area contributed by atoms with Gasteiger partial charge in [-0.05, 0) is 42.9 Å². The Kier molecular flexibility index (Phi) is 5.15. The van der Waals surface area contributed by atoms with Crippen molar-refractivity contribution in [2.75, 3.05) is 0 Å². The summed E-state index contributed by atoms with van der Waals surface area (Å²) in [6, 6.07) is 6.04. The number of rotatable bonds is 1. The van der Waals surface area contributed by atoms with Crippen molar-refractivity contribution in [1.82, 2.24) is 0 Å². The summed E-state index contributed by atoms with van der Waals surface area (Å²) in [6.45, 7) is 2.01. The standard InChI is InChI=1S/C12H16O.K/c1-9-6-7-11(12(13)8-9)10-4-2-3-5-10;/h6-8,10,13H,2-5H2,1H3;. The zero-order valence-corrected chi connectivity index (χ0v) is 12.2. The van der Waals surface area contributed by atoms with E-state index in [4.69, 9.17) is 0 Å². The minimum atomic E-state index is 0. The number of benzene rings is 1. The Morgan fingerprint density at radius 3 is 2.43 bits per heavy atom. The maximum Gasteiger partial charge on any atom is 0.119 e. The van der Waals surface area contributed by atoms with Crippen LogP contribution < -0.4 is 0 Å². The van der Waals surface area contributed by atoms with E-state index in [0.29, 0.717) is 11.7 Å². The van der Waals surface area contributed by atoms with Gasteiger partial charge in [-0.3, -0.25) is 0 Å². The van der Waals surface area contributed by atoms with Crippen LogP contribution in [0.25, 0.3) is 0 Å². The molecule has 1 aliphatic rings. The molecule has 1 nitrogen and oxygen atoms in total. The van der Waals surface area contributed by atoms with Crippen molar-refractivity contribution in [2.45, 2.75) is 38.5 Å². The molecule has 1 saturated carbocycles. The first-order chi connectivity index (χ1) is 6.27. The van der Waals surface area contributed by atoms with Crippen LogP contribution in [0.3, 0.4) is 0 Å². The van der Waals surface area contributed by atoms with E-state index in [0.717, 1.165) is 11.1 Å². The Balaban J connectivity index is 0.000000980. The quantitative estimate of drug-likeness (QED) is 0.714. The van der Waals surface area contributed by atoms with Crippen LogP contribution in [0.2, 0.25) is 0 Å². The van der Waals surface area contributed by atoms with Crippen molar-refractivity contribution in [1.29, 1.82) is 0 Å². The first-order valence-electron chi connectivity index (χ1n) is 5.07. The first-order valence-corrected chi connectivity index (χ1v) is 5.07. The van der Waals surface area contributed by atoms with Gasteiger partial charge in [0, 0.05) is 51.4 Å². The molecule has 71 valence electrons. The SMILES string of the molecule is Cc1ccc(C2CCCC2)c(O)c1.[K]. The molecule has 0 aromatic heterocycles. The zero-order valence-electron chi connectivity index (χ0n) is 9.09. The summed E-state index contributed by atoms with van der Waals surface area (Å²) in [5, 5.41) is 9.75. The van der Waals surface area contributed by atoms with Gasteiger partial charge in [0.05, 0.1) is 0 Å². The van der Waals surface area contributed by atoms with Crippen LogP contribution in [0, 0.1) is 6.92 Å². The number of hydrogen-bond acceptors (Lipinski definition) is 1. The fourth-order valence-corrected chi connectivity index (χ4v) is 2.24. The van der Waals surface area contributed by atoms with Crippen LogP contribution in [0.1, 0.15) is 42.7 Å². The Morgan fingerprint density at radius 2 is 1.86 bits per heavy atom. The van der Waals surface area contributed by atoms with Crippen LogP contribution in [0.15, 0.2) is 18.2 Å². The van der Waals surface area contributed by atoms with Gasteiger partial charge in [0.2, 0.25) is 0 Å². The monoisotopic (exact) mass is 215 g/mol. The molecule has 0 bridgehead atoms. The van der Waals surface area contributed by atoms with Crippen molar-refractivity contribution in [2.24, 2.45) is 0 Å². The van der Waals surface area contributed by atoms with Crippen LogP contribution in [0.4, 0.5) is 0 Å². The second-order valence-electron chi connectivity index (χ2n) is 4.04. The first kappa shape index (κ1) is 12.7. The third-order valence-electron chi connectivity index (χ3n) is 2.98. The number of aryl methyl sites for hydroxylation is 1. The molecule has 1 radical (unpaired) electrons. The van der Waals surface area contributed by atoms with Gasteiger partial charge in [-0.15, -0.1) is 0 Å². The number of phenolic OH excluding ortho intramolecular Hbond substituents is 1. The number of hydrogen-bond donors (Lipinski definition) is 1. The molecule has 0 amide bonds. The molecule has 1 aromatic carbocycles. The molecule has 2 rings (SSSR count). The normalized spacial score (nSPS) is 16.6. The third-order valence-corrected chi connectivity index (χ3v) is 2.98. The van der Waals surface area contributed by atoms with Gasteiger partial charge in [-0.2, -0.15) is 0 Å². The summed E-state index contributed by atoms with van der Waals surface area (Å²) >= 11 is 0. The summed E-state index contributed by atoms with van der Waals surface area (Å²) in [5.74, 6) is 1.10. The fourth-order valence-electron chi connectivity index (χ4n) is 2.24. The Morgan fingerprint density at radius 1 is 1.21 bits per heavy atom. The van der Waals surface area contributed by atoms with Crippen LogP contribution in [-0.4, -0.2) is 56.5 Å². The summed E-state index contributed by atoms with van der Waals surface area (Å²) in [6.07, 6.45) is 5.13. The van der Waals surface area contributed by atoms with E-state index in [1.165, 1.54) is 25.7 Å². The van der Waals surface area contributed by atoms with Gasteiger partial charge in [-0.25, -0.2) is 0 Å². The number of phenols is 1. The molecule has 0 unspecified atom stereocenters. The second-order valence-corrected chi connectivity index (χ2v) is 4.04. The predicted molar refractivity (Wildman–Crippen MR) is 59.8 cm³/mol. The largest absolute Gasteiger partial charge is 0.508 e. The van der Waals surface area contributed by atoms with E-state index in [9.17, 15) is 5.11 Å². The molecular formula is C12H16KO. The minimum absolute atomic E-state index is 0. The Hall–Kier alpha value is 0.656. The van der Waals surface area contributed by atoms with Gasteiger partial charge in [-0.1, -0.05) is 25.0 Å². The summed E-state index contributed by atoms with van der Waals surface area (Å²) in [5.41, 5.74) is 2.29. The molecule has 0 spiro atoms. The Bertz CT molecular complexity index is 303. The predicted octanol–water partition coefficient (Wildman–Crippen LogP) is 2.98. The Labute approximate surface area is 128 Å². The molecule has 0 atom stereocenters. The molecule has 1 aromatic rings.